The molecule has 0 aliphatic heterocycles. The van der Waals surface area contributed by atoms with Gasteiger partial charge in [0.25, 0.3) is 0 Å². The first-order valence-corrected chi connectivity index (χ1v) is 2.39. The van der Waals surface area contributed by atoms with E-state index in [0.717, 1.165) is 0 Å². The lowest BCUT2D eigenvalue weighted by Crippen LogP contribution is -1.97. The molecule has 0 amide bonds. The Kier molecular flexibility index (Phi) is 1.48. The molecule has 0 bridgehead atoms. The van der Waals surface area contributed by atoms with Crippen LogP contribution in [0.25, 0.3) is 0 Å². The van der Waals surface area contributed by atoms with Crippen molar-refractivity contribution >= 4 is 5.97 Å². The fraction of sp³-hybridized carbons (Fsp3) is 0.200. The summed E-state index contributed by atoms with van der Waals surface area (Å²) in [6.45, 7) is 0. The van der Waals surface area contributed by atoms with E-state index in [1.54, 1.807) is 0 Å². The molecule has 1 rings (SSSR count). The monoisotopic (exact) mass is 127 g/mol. The standard InChI is InChI=1S/C5H5NO3/c7-5(8)1-4-2-6-9-3-4/h2-3H,1H2,(H,7,8). The molecule has 4 nitrogen and oxygen atoms in total. The summed E-state index contributed by atoms with van der Waals surface area (Å²) in [5.41, 5.74) is 0.586. The van der Waals surface area contributed by atoms with Gasteiger partial charge in [0.1, 0.15) is 6.26 Å². The van der Waals surface area contributed by atoms with Gasteiger partial charge in [0, 0.05) is 5.56 Å². The molecule has 48 valence electrons. The summed E-state index contributed by atoms with van der Waals surface area (Å²) < 4.78 is 4.40. The van der Waals surface area contributed by atoms with Crippen LogP contribution in [-0.2, 0) is 11.2 Å². The SMILES string of the molecule is O=C(O)Cc1cnoc1. The smallest absolute Gasteiger partial charge is 0.307 e. The Labute approximate surface area is 51.1 Å². The zero-order chi connectivity index (χ0) is 6.69. The highest BCUT2D eigenvalue weighted by Gasteiger charge is 2.00. The number of aliphatic carboxylic acids is 1. The minimum atomic E-state index is -0.877. The highest BCUT2D eigenvalue weighted by Crippen LogP contribution is 1.96. The zero-order valence-corrected chi connectivity index (χ0v) is 4.57. The molecule has 0 saturated carbocycles. The number of carboxylic acids is 1. The van der Waals surface area contributed by atoms with Crippen molar-refractivity contribution in [1.82, 2.24) is 5.16 Å². The molecule has 0 unspecified atom stereocenters. The molecule has 1 aromatic rings. The number of rotatable bonds is 2. The van der Waals surface area contributed by atoms with Crippen LogP contribution in [0.3, 0.4) is 0 Å². The van der Waals surface area contributed by atoms with Crippen molar-refractivity contribution in [3.63, 3.8) is 0 Å². The quantitative estimate of drug-likeness (QED) is 0.620. The maximum Gasteiger partial charge on any atom is 0.307 e. The first-order chi connectivity index (χ1) is 4.29. The Balaban J connectivity index is 2.58. The van der Waals surface area contributed by atoms with Gasteiger partial charge in [-0.3, -0.25) is 4.79 Å². The molecule has 0 fully saturated rings. The lowest BCUT2D eigenvalue weighted by Gasteiger charge is -1.82. The summed E-state index contributed by atoms with van der Waals surface area (Å²) in [6, 6.07) is 0. The average Bonchev–Trinajstić information content (AvgIpc) is 2.15. The minimum absolute atomic E-state index is 0.0243. The topological polar surface area (TPSA) is 63.3 Å². The van der Waals surface area contributed by atoms with Crippen LogP contribution < -0.4 is 0 Å². The number of aromatic nitrogens is 1. The van der Waals surface area contributed by atoms with Crippen molar-refractivity contribution in [3.05, 3.63) is 18.0 Å². The van der Waals surface area contributed by atoms with Gasteiger partial charge in [-0.1, -0.05) is 5.16 Å². The van der Waals surface area contributed by atoms with Crippen LogP contribution in [0.15, 0.2) is 17.0 Å². The third-order valence-electron chi connectivity index (χ3n) is 0.839. The molecule has 0 radical (unpaired) electrons. The normalized spacial score (nSPS) is 9.33. The molecule has 0 aliphatic carbocycles. The minimum Gasteiger partial charge on any atom is -0.481 e. The first kappa shape index (κ1) is 5.81. The number of hydrogen-bond acceptors (Lipinski definition) is 3. The van der Waals surface area contributed by atoms with E-state index < -0.39 is 5.97 Å². The van der Waals surface area contributed by atoms with E-state index >= 15 is 0 Å². The lowest BCUT2D eigenvalue weighted by atomic mass is 10.3. The number of hydrogen-bond donors (Lipinski definition) is 1. The van der Waals surface area contributed by atoms with E-state index in [2.05, 4.69) is 9.68 Å². The van der Waals surface area contributed by atoms with Gasteiger partial charge in [-0.15, -0.1) is 0 Å². The third-order valence-corrected chi connectivity index (χ3v) is 0.839. The van der Waals surface area contributed by atoms with Crippen molar-refractivity contribution in [2.24, 2.45) is 0 Å². The second-order valence-electron chi connectivity index (χ2n) is 1.60. The molecule has 9 heavy (non-hydrogen) atoms. The summed E-state index contributed by atoms with van der Waals surface area (Å²) in [7, 11) is 0. The van der Waals surface area contributed by atoms with E-state index in [1.807, 2.05) is 0 Å². The molecule has 1 heterocycles. The molecular formula is C5H5NO3. The fourth-order valence-corrected chi connectivity index (χ4v) is 0.489. The molecule has 1 N–H and O–H groups in total. The zero-order valence-electron chi connectivity index (χ0n) is 4.57. The Morgan fingerprint density at radius 2 is 2.67 bits per heavy atom. The van der Waals surface area contributed by atoms with Crippen molar-refractivity contribution < 1.29 is 14.4 Å². The van der Waals surface area contributed by atoms with Crippen LogP contribution in [0, 0.1) is 0 Å². The Morgan fingerprint density at radius 1 is 1.89 bits per heavy atom. The van der Waals surface area contributed by atoms with Crippen molar-refractivity contribution in [3.8, 4) is 0 Å². The van der Waals surface area contributed by atoms with Gasteiger partial charge >= 0.3 is 5.97 Å². The maximum atomic E-state index is 10.00. The van der Waals surface area contributed by atoms with Gasteiger partial charge in [0.05, 0.1) is 12.6 Å². The van der Waals surface area contributed by atoms with Crippen LogP contribution >= 0.6 is 0 Å². The van der Waals surface area contributed by atoms with Crippen molar-refractivity contribution in [1.29, 1.82) is 0 Å². The molecule has 0 aromatic carbocycles. The van der Waals surface area contributed by atoms with E-state index in [-0.39, 0.29) is 6.42 Å². The first-order valence-electron chi connectivity index (χ1n) is 2.39. The number of nitrogens with zero attached hydrogens (tertiary/aromatic N) is 1. The van der Waals surface area contributed by atoms with Gasteiger partial charge in [-0.2, -0.15) is 0 Å². The number of carbonyl (C=O) groups is 1. The molecule has 0 saturated heterocycles. The lowest BCUT2D eigenvalue weighted by molar-refractivity contribution is -0.136. The van der Waals surface area contributed by atoms with E-state index in [1.165, 1.54) is 12.5 Å². The Morgan fingerprint density at radius 3 is 3.11 bits per heavy atom. The third kappa shape index (κ3) is 1.56. The molecule has 0 aliphatic rings. The van der Waals surface area contributed by atoms with Gasteiger partial charge in [0.2, 0.25) is 0 Å². The molecular weight excluding hydrogens is 122 g/mol. The second-order valence-corrected chi connectivity index (χ2v) is 1.60. The van der Waals surface area contributed by atoms with Crippen LogP contribution in [0.1, 0.15) is 5.56 Å². The molecule has 1 aromatic heterocycles. The van der Waals surface area contributed by atoms with E-state index in [9.17, 15) is 4.79 Å². The van der Waals surface area contributed by atoms with Crippen LogP contribution in [0.5, 0.6) is 0 Å². The van der Waals surface area contributed by atoms with Crippen LogP contribution in [-0.4, -0.2) is 16.2 Å². The second kappa shape index (κ2) is 2.30. The molecule has 0 atom stereocenters. The summed E-state index contributed by atoms with van der Waals surface area (Å²) in [6.07, 6.45) is 2.67. The number of carboxylic acid groups (broad SMARTS) is 1. The van der Waals surface area contributed by atoms with Gasteiger partial charge < -0.3 is 9.63 Å². The van der Waals surface area contributed by atoms with E-state index in [0.29, 0.717) is 5.56 Å². The maximum absolute atomic E-state index is 10.00. The van der Waals surface area contributed by atoms with Crippen molar-refractivity contribution in [2.75, 3.05) is 0 Å². The summed E-state index contributed by atoms with van der Waals surface area (Å²) in [5.74, 6) is -0.877. The van der Waals surface area contributed by atoms with Crippen LogP contribution in [0.4, 0.5) is 0 Å². The van der Waals surface area contributed by atoms with E-state index in [4.69, 9.17) is 5.11 Å². The Hall–Kier alpha value is -1.32. The fourth-order valence-electron chi connectivity index (χ4n) is 0.489. The largest absolute Gasteiger partial charge is 0.481 e. The highest BCUT2D eigenvalue weighted by atomic mass is 16.5. The Bertz CT molecular complexity index is 192. The van der Waals surface area contributed by atoms with Gasteiger partial charge in [-0.05, 0) is 0 Å². The predicted molar refractivity (Wildman–Crippen MR) is 27.8 cm³/mol. The molecule has 4 heteroatoms. The summed E-state index contributed by atoms with van der Waals surface area (Å²) >= 11 is 0. The van der Waals surface area contributed by atoms with Crippen LogP contribution in [0.2, 0.25) is 0 Å². The summed E-state index contributed by atoms with van der Waals surface area (Å²) in [4.78, 5) is 10.00. The highest BCUT2D eigenvalue weighted by molar-refractivity contribution is 5.69. The van der Waals surface area contributed by atoms with Crippen molar-refractivity contribution in [2.45, 2.75) is 6.42 Å². The van der Waals surface area contributed by atoms with Gasteiger partial charge in [0.15, 0.2) is 0 Å². The van der Waals surface area contributed by atoms with Gasteiger partial charge in [-0.25, -0.2) is 0 Å². The molecule has 0 spiro atoms. The predicted octanol–water partition coefficient (Wildman–Crippen LogP) is 0.302. The average molecular weight is 127 g/mol. The summed E-state index contributed by atoms with van der Waals surface area (Å²) in [5, 5.41) is 11.6.